The molecule has 2 aliphatic rings. The molecule has 0 aromatic rings. The fourth-order valence-corrected chi connectivity index (χ4v) is 3.83. The predicted molar refractivity (Wildman–Crippen MR) is 80.3 cm³/mol. The van der Waals surface area contributed by atoms with Crippen molar-refractivity contribution in [2.75, 3.05) is 20.1 Å². The Labute approximate surface area is 118 Å². The predicted octanol–water partition coefficient (Wildman–Crippen LogP) is 2.93. The van der Waals surface area contributed by atoms with Crippen LogP contribution in [0.15, 0.2) is 0 Å². The van der Waals surface area contributed by atoms with Gasteiger partial charge in [-0.15, -0.1) is 0 Å². The molecule has 1 saturated heterocycles. The molecule has 1 atom stereocenters. The molecule has 1 saturated carbocycles. The van der Waals surface area contributed by atoms with Crippen LogP contribution in [0.4, 0.5) is 0 Å². The first-order valence-electron chi connectivity index (χ1n) is 8.07. The number of hydrogen-bond acceptors (Lipinski definition) is 3. The Morgan fingerprint density at radius 3 is 2.21 bits per heavy atom. The minimum Gasteiger partial charge on any atom is -0.371 e. The molecular formula is C16H32N2O. The molecule has 1 aliphatic carbocycles. The van der Waals surface area contributed by atoms with E-state index in [1.807, 2.05) is 0 Å². The van der Waals surface area contributed by atoms with Gasteiger partial charge in [-0.1, -0.05) is 25.7 Å². The van der Waals surface area contributed by atoms with E-state index in [-0.39, 0.29) is 11.1 Å². The van der Waals surface area contributed by atoms with Crippen LogP contribution in [0.3, 0.4) is 0 Å². The summed E-state index contributed by atoms with van der Waals surface area (Å²) in [5.74, 6) is 0. The summed E-state index contributed by atoms with van der Waals surface area (Å²) in [5, 5.41) is 0. The summed E-state index contributed by atoms with van der Waals surface area (Å²) in [7, 11) is 2.26. The van der Waals surface area contributed by atoms with Crippen molar-refractivity contribution in [1.82, 2.24) is 4.90 Å². The van der Waals surface area contributed by atoms with Crippen LogP contribution in [0.25, 0.3) is 0 Å². The molecule has 112 valence electrons. The normalized spacial score (nSPS) is 30.5. The highest BCUT2D eigenvalue weighted by atomic mass is 16.5. The molecular weight excluding hydrogens is 236 g/mol. The van der Waals surface area contributed by atoms with Gasteiger partial charge in [0.25, 0.3) is 0 Å². The van der Waals surface area contributed by atoms with Gasteiger partial charge in [-0.05, 0) is 46.6 Å². The third-order valence-corrected chi connectivity index (χ3v) is 5.26. The van der Waals surface area contributed by atoms with E-state index >= 15 is 0 Å². The standard InChI is InChI=1S/C16H32N2O/c1-15(2)11-8-14(19-15)12-18(3)16(13-17)9-6-4-5-7-10-16/h14H,4-13,17H2,1-3H3. The Hall–Kier alpha value is -0.120. The van der Waals surface area contributed by atoms with Gasteiger partial charge in [-0.2, -0.15) is 0 Å². The zero-order valence-electron chi connectivity index (χ0n) is 13.1. The summed E-state index contributed by atoms with van der Waals surface area (Å²) in [4.78, 5) is 2.52. The maximum absolute atomic E-state index is 6.15. The van der Waals surface area contributed by atoms with Gasteiger partial charge in [0.2, 0.25) is 0 Å². The third-order valence-electron chi connectivity index (χ3n) is 5.26. The molecule has 1 unspecified atom stereocenters. The van der Waals surface area contributed by atoms with E-state index in [0.29, 0.717) is 6.10 Å². The van der Waals surface area contributed by atoms with Crippen molar-refractivity contribution >= 4 is 0 Å². The van der Waals surface area contributed by atoms with Gasteiger partial charge >= 0.3 is 0 Å². The van der Waals surface area contributed by atoms with Crippen LogP contribution in [0.2, 0.25) is 0 Å². The second kappa shape index (κ2) is 6.11. The summed E-state index contributed by atoms with van der Waals surface area (Å²) in [6.07, 6.45) is 10.7. The van der Waals surface area contributed by atoms with E-state index < -0.39 is 0 Å². The molecule has 0 amide bonds. The largest absolute Gasteiger partial charge is 0.371 e. The van der Waals surface area contributed by atoms with Crippen molar-refractivity contribution in [2.24, 2.45) is 5.73 Å². The SMILES string of the molecule is CN(CC1CCC(C)(C)O1)C1(CN)CCCCCC1. The van der Waals surface area contributed by atoms with Crippen LogP contribution in [0, 0.1) is 0 Å². The van der Waals surface area contributed by atoms with Crippen molar-refractivity contribution in [3.8, 4) is 0 Å². The van der Waals surface area contributed by atoms with E-state index in [1.165, 1.54) is 51.4 Å². The van der Waals surface area contributed by atoms with Gasteiger partial charge in [-0.3, -0.25) is 4.90 Å². The Balaban J connectivity index is 1.94. The lowest BCUT2D eigenvalue weighted by Gasteiger charge is -2.42. The van der Waals surface area contributed by atoms with Crippen molar-refractivity contribution in [1.29, 1.82) is 0 Å². The van der Waals surface area contributed by atoms with Crippen molar-refractivity contribution in [3.63, 3.8) is 0 Å². The van der Waals surface area contributed by atoms with E-state index in [0.717, 1.165) is 13.1 Å². The first-order chi connectivity index (χ1) is 8.97. The average Bonchev–Trinajstić information content (AvgIpc) is 2.59. The highest BCUT2D eigenvalue weighted by Gasteiger charge is 2.38. The molecule has 0 spiro atoms. The minimum atomic E-state index is 0.0742. The molecule has 2 fully saturated rings. The smallest absolute Gasteiger partial charge is 0.0710 e. The number of likely N-dealkylation sites (N-methyl/N-ethyl adjacent to an activating group) is 1. The Kier molecular flexibility index (Phi) is 4.91. The van der Waals surface area contributed by atoms with Crippen molar-refractivity contribution < 1.29 is 4.74 Å². The van der Waals surface area contributed by atoms with E-state index in [1.54, 1.807) is 0 Å². The lowest BCUT2D eigenvalue weighted by molar-refractivity contribution is -0.0412. The Bertz CT molecular complexity index is 282. The molecule has 19 heavy (non-hydrogen) atoms. The molecule has 2 rings (SSSR count). The van der Waals surface area contributed by atoms with Crippen LogP contribution < -0.4 is 5.73 Å². The summed E-state index contributed by atoms with van der Waals surface area (Å²) < 4.78 is 6.15. The van der Waals surface area contributed by atoms with Crippen LogP contribution >= 0.6 is 0 Å². The second-order valence-electron chi connectivity index (χ2n) is 7.26. The molecule has 0 aromatic carbocycles. The molecule has 3 heteroatoms. The van der Waals surface area contributed by atoms with Gasteiger partial charge in [0.1, 0.15) is 0 Å². The first-order valence-corrected chi connectivity index (χ1v) is 8.07. The number of ether oxygens (including phenoxy) is 1. The Morgan fingerprint density at radius 2 is 1.74 bits per heavy atom. The topological polar surface area (TPSA) is 38.5 Å². The molecule has 2 N–H and O–H groups in total. The lowest BCUT2D eigenvalue weighted by atomic mass is 9.88. The summed E-state index contributed by atoms with van der Waals surface area (Å²) >= 11 is 0. The highest BCUT2D eigenvalue weighted by Crippen LogP contribution is 2.34. The average molecular weight is 268 g/mol. The number of hydrogen-bond donors (Lipinski definition) is 1. The van der Waals surface area contributed by atoms with Crippen LogP contribution in [0.1, 0.15) is 65.2 Å². The van der Waals surface area contributed by atoms with Crippen LogP contribution in [-0.4, -0.2) is 42.3 Å². The van der Waals surface area contributed by atoms with E-state index in [9.17, 15) is 0 Å². The fraction of sp³-hybridized carbons (Fsp3) is 1.00. The molecule has 0 bridgehead atoms. The van der Waals surface area contributed by atoms with Crippen LogP contribution in [-0.2, 0) is 4.74 Å². The van der Waals surface area contributed by atoms with Crippen molar-refractivity contribution in [2.45, 2.75) is 82.5 Å². The fourth-order valence-electron chi connectivity index (χ4n) is 3.83. The van der Waals surface area contributed by atoms with Gasteiger partial charge in [0.05, 0.1) is 11.7 Å². The third kappa shape index (κ3) is 3.71. The Morgan fingerprint density at radius 1 is 1.11 bits per heavy atom. The molecule has 3 nitrogen and oxygen atoms in total. The number of nitrogens with two attached hydrogens (primary N) is 1. The summed E-state index contributed by atoms with van der Waals surface area (Å²) in [6.45, 7) is 6.24. The number of nitrogens with zero attached hydrogens (tertiary/aromatic N) is 1. The summed E-state index contributed by atoms with van der Waals surface area (Å²) in [6, 6.07) is 0. The maximum atomic E-state index is 6.15. The monoisotopic (exact) mass is 268 g/mol. The molecule has 0 aromatic heterocycles. The molecule has 1 heterocycles. The zero-order valence-corrected chi connectivity index (χ0v) is 13.1. The quantitative estimate of drug-likeness (QED) is 0.797. The van der Waals surface area contributed by atoms with Gasteiger partial charge < -0.3 is 10.5 Å². The first kappa shape index (κ1) is 15.3. The van der Waals surface area contributed by atoms with E-state index in [4.69, 9.17) is 10.5 Å². The second-order valence-corrected chi connectivity index (χ2v) is 7.26. The maximum Gasteiger partial charge on any atom is 0.0710 e. The van der Waals surface area contributed by atoms with Crippen molar-refractivity contribution in [3.05, 3.63) is 0 Å². The van der Waals surface area contributed by atoms with E-state index in [2.05, 4.69) is 25.8 Å². The number of rotatable bonds is 4. The molecule has 0 radical (unpaired) electrons. The molecule has 1 aliphatic heterocycles. The van der Waals surface area contributed by atoms with Crippen LogP contribution in [0.5, 0.6) is 0 Å². The zero-order chi connectivity index (χ0) is 13.9. The lowest BCUT2D eigenvalue weighted by Crippen LogP contribution is -2.54. The minimum absolute atomic E-state index is 0.0742. The highest BCUT2D eigenvalue weighted by molar-refractivity contribution is 4.94. The van der Waals surface area contributed by atoms with Gasteiger partial charge in [-0.25, -0.2) is 0 Å². The van der Waals surface area contributed by atoms with Gasteiger partial charge in [0.15, 0.2) is 0 Å². The summed E-state index contributed by atoms with van der Waals surface area (Å²) in [5.41, 5.74) is 6.46. The van der Waals surface area contributed by atoms with Gasteiger partial charge in [0, 0.05) is 18.6 Å².